The number of halogens is 2. The second-order valence-corrected chi connectivity index (χ2v) is 7.11. The fourth-order valence-corrected chi connectivity index (χ4v) is 3.04. The van der Waals surface area contributed by atoms with E-state index in [0.29, 0.717) is 11.3 Å². The van der Waals surface area contributed by atoms with Gasteiger partial charge in [0.15, 0.2) is 0 Å². The first-order valence-electron chi connectivity index (χ1n) is 6.82. The Morgan fingerprint density at radius 2 is 1.95 bits per heavy atom. The third kappa shape index (κ3) is 3.28. The molecule has 118 valence electrons. The Morgan fingerprint density at radius 1 is 1.32 bits per heavy atom. The van der Waals surface area contributed by atoms with Gasteiger partial charge in [0, 0.05) is 5.69 Å². The van der Waals surface area contributed by atoms with Crippen molar-refractivity contribution in [2.45, 2.75) is 20.8 Å². The molecule has 0 bridgehead atoms. The molecule has 2 rings (SSSR count). The summed E-state index contributed by atoms with van der Waals surface area (Å²) in [6.45, 7) is 5.72. The summed E-state index contributed by atoms with van der Waals surface area (Å²) in [4.78, 5) is 23.3. The Labute approximate surface area is 139 Å². The van der Waals surface area contributed by atoms with E-state index in [-0.39, 0.29) is 33.2 Å². The van der Waals surface area contributed by atoms with Gasteiger partial charge in [-0.1, -0.05) is 37.0 Å². The molecule has 0 aliphatic heterocycles. The van der Waals surface area contributed by atoms with Gasteiger partial charge in [-0.25, -0.2) is 4.79 Å². The van der Waals surface area contributed by atoms with E-state index in [1.165, 1.54) is 12.1 Å². The van der Waals surface area contributed by atoms with Gasteiger partial charge < -0.3 is 10.4 Å². The summed E-state index contributed by atoms with van der Waals surface area (Å²) in [5.41, 5.74) is 1.30. The molecule has 0 saturated heterocycles. The summed E-state index contributed by atoms with van der Waals surface area (Å²) < 4.78 is 0.162. The normalized spacial score (nSPS) is 21.9. The van der Waals surface area contributed by atoms with Gasteiger partial charge in [0.25, 0.3) is 0 Å². The molecule has 1 fully saturated rings. The maximum Gasteiger partial charge on any atom is 0.335 e. The average Bonchev–Trinajstić information content (AvgIpc) is 2.92. The molecule has 1 saturated carbocycles. The van der Waals surface area contributed by atoms with E-state index < -0.39 is 5.97 Å². The lowest BCUT2D eigenvalue weighted by atomic mass is 10.1. The molecule has 22 heavy (non-hydrogen) atoms. The van der Waals surface area contributed by atoms with Crippen LogP contribution in [0.4, 0.5) is 5.69 Å². The fourth-order valence-electron chi connectivity index (χ4n) is 2.77. The molecule has 1 aliphatic carbocycles. The summed E-state index contributed by atoms with van der Waals surface area (Å²) in [6.07, 6.45) is 1.69. The topological polar surface area (TPSA) is 66.4 Å². The molecule has 1 amide bonds. The van der Waals surface area contributed by atoms with Crippen LogP contribution in [0.3, 0.4) is 0 Å². The number of allylic oxidation sites excluding steroid dienone is 1. The number of nitrogens with one attached hydrogen (secondary N) is 1. The Morgan fingerprint density at radius 3 is 2.45 bits per heavy atom. The number of carbonyl (C=O) groups is 2. The van der Waals surface area contributed by atoms with Gasteiger partial charge >= 0.3 is 5.97 Å². The van der Waals surface area contributed by atoms with Crippen molar-refractivity contribution in [3.8, 4) is 0 Å². The molecule has 1 aliphatic rings. The van der Waals surface area contributed by atoms with E-state index in [1.807, 2.05) is 13.8 Å². The third-order valence-electron chi connectivity index (χ3n) is 4.23. The lowest BCUT2D eigenvalue weighted by Crippen LogP contribution is -2.17. The van der Waals surface area contributed by atoms with E-state index in [0.717, 1.165) is 0 Å². The highest BCUT2D eigenvalue weighted by Crippen LogP contribution is 2.60. The molecule has 2 atom stereocenters. The zero-order valence-electron chi connectivity index (χ0n) is 12.5. The monoisotopic (exact) mass is 341 g/mol. The Kier molecular flexibility index (Phi) is 4.54. The summed E-state index contributed by atoms with van der Waals surface area (Å²) >= 11 is 11.4. The largest absolute Gasteiger partial charge is 0.478 e. The zero-order valence-corrected chi connectivity index (χ0v) is 14.0. The first-order chi connectivity index (χ1) is 10.1. The smallest absolute Gasteiger partial charge is 0.335 e. The van der Waals surface area contributed by atoms with Crippen molar-refractivity contribution < 1.29 is 14.7 Å². The zero-order chi connectivity index (χ0) is 16.7. The van der Waals surface area contributed by atoms with E-state index in [2.05, 4.69) is 5.32 Å². The third-order valence-corrected chi connectivity index (χ3v) is 4.48. The van der Waals surface area contributed by atoms with Crippen LogP contribution in [0.1, 0.15) is 29.8 Å². The lowest BCUT2D eigenvalue weighted by molar-refractivity contribution is -0.118. The molecule has 2 unspecified atom stereocenters. The summed E-state index contributed by atoms with van der Waals surface area (Å²) in [7, 11) is 0. The van der Waals surface area contributed by atoms with Crippen LogP contribution in [0.15, 0.2) is 28.8 Å². The minimum absolute atomic E-state index is 0.00361. The van der Waals surface area contributed by atoms with Crippen molar-refractivity contribution >= 4 is 40.8 Å². The minimum atomic E-state index is -0.994. The van der Waals surface area contributed by atoms with Crippen molar-refractivity contribution in [1.29, 1.82) is 0 Å². The molecule has 0 radical (unpaired) electrons. The van der Waals surface area contributed by atoms with Crippen LogP contribution >= 0.6 is 23.2 Å². The van der Waals surface area contributed by atoms with Crippen LogP contribution in [-0.4, -0.2) is 17.0 Å². The average molecular weight is 342 g/mol. The molecule has 1 aromatic carbocycles. The highest BCUT2D eigenvalue weighted by atomic mass is 35.5. The van der Waals surface area contributed by atoms with Crippen molar-refractivity contribution in [3.05, 3.63) is 39.9 Å². The second kappa shape index (κ2) is 5.94. The highest BCUT2D eigenvalue weighted by molar-refractivity contribution is 6.55. The number of carboxylic acids is 1. The number of hydrogen-bond acceptors (Lipinski definition) is 2. The Hall–Kier alpha value is -1.52. The number of anilines is 1. The number of carbonyl (C=O) groups excluding carboxylic acids is 1. The van der Waals surface area contributed by atoms with E-state index >= 15 is 0 Å². The number of rotatable bonds is 4. The van der Waals surface area contributed by atoms with Crippen molar-refractivity contribution in [2.24, 2.45) is 17.3 Å². The van der Waals surface area contributed by atoms with Gasteiger partial charge in [0.2, 0.25) is 5.91 Å². The number of benzene rings is 1. The van der Waals surface area contributed by atoms with E-state index in [1.54, 1.807) is 19.1 Å². The van der Waals surface area contributed by atoms with Crippen LogP contribution < -0.4 is 5.32 Å². The van der Waals surface area contributed by atoms with Crippen LogP contribution in [-0.2, 0) is 4.79 Å². The quantitative estimate of drug-likeness (QED) is 0.861. The standard InChI is InChI=1S/C16H17Cl2NO3/c1-8-6-9(15(21)22)4-5-11(8)19-14(20)13-10(7-12(17)18)16(13,2)3/h4-7,10,13H,1-3H3,(H,19,20)(H,21,22). The predicted molar refractivity (Wildman–Crippen MR) is 87.3 cm³/mol. The second-order valence-electron chi connectivity index (χ2n) is 6.11. The molecule has 4 nitrogen and oxygen atoms in total. The highest BCUT2D eigenvalue weighted by Gasteiger charge is 2.60. The van der Waals surface area contributed by atoms with Gasteiger partial charge in [0.05, 0.1) is 11.5 Å². The molecule has 6 heteroatoms. The minimum Gasteiger partial charge on any atom is -0.478 e. The summed E-state index contributed by atoms with van der Waals surface area (Å²) in [6, 6.07) is 4.60. The van der Waals surface area contributed by atoms with Crippen LogP contribution in [0.5, 0.6) is 0 Å². The van der Waals surface area contributed by atoms with Crippen LogP contribution in [0.2, 0.25) is 0 Å². The van der Waals surface area contributed by atoms with Crippen LogP contribution in [0, 0.1) is 24.2 Å². The van der Waals surface area contributed by atoms with E-state index in [9.17, 15) is 9.59 Å². The predicted octanol–water partition coefficient (Wildman–Crippen LogP) is 4.22. The van der Waals surface area contributed by atoms with Gasteiger partial charge in [-0.3, -0.25) is 4.79 Å². The molecule has 2 N–H and O–H groups in total. The molecular weight excluding hydrogens is 325 g/mol. The molecule has 1 aromatic rings. The molecule has 0 heterocycles. The van der Waals surface area contributed by atoms with Crippen molar-refractivity contribution in [2.75, 3.05) is 5.32 Å². The summed E-state index contributed by atoms with van der Waals surface area (Å²) in [5.74, 6) is -1.33. The van der Waals surface area contributed by atoms with Gasteiger partial charge in [0.1, 0.15) is 4.49 Å². The summed E-state index contributed by atoms with van der Waals surface area (Å²) in [5, 5.41) is 11.8. The Balaban J connectivity index is 2.14. The van der Waals surface area contributed by atoms with Crippen molar-refractivity contribution in [3.63, 3.8) is 0 Å². The first kappa shape index (κ1) is 16.8. The molecular formula is C16H17Cl2NO3. The SMILES string of the molecule is Cc1cc(C(=O)O)ccc1NC(=O)C1C(C=C(Cl)Cl)C1(C)C. The lowest BCUT2D eigenvalue weighted by Gasteiger charge is -2.10. The number of hydrogen-bond donors (Lipinski definition) is 2. The Bertz CT molecular complexity index is 663. The number of amides is 1. The first-order valence-corrected chi connectivity index (χ1v) is 7.58. The number of aryl methyl sites for hydroxylation is 1. The maximum absolute atomic E-state index is 12.4. The van der Waals surface area contributed by atoms with Gasteiger partial charge in [-0.15, -0.1) is 0 Å². The van der Waals surface area contributed by atoms with E-state index in [4.69, 9.17) is 28.3 Å². The van der Waals surface area contributed by atoms with Crippen LogP contribution in [0.25, 0.3) is 0 Å². The van der Waals surface area contributed by atoms with Gasteiger partial charge in [-0.2, -0.15) is 0 Å². The van der Waals surface area contributed by atoms with Gasteiger partial charge in [-0.05, 0) is 48.1 Å². The maximum atomic E-state index is 12.4. The fraction of sp³-hybridized carbons (Fsp3) is 0.375. The number of carboxylic acid groups (broad SMARTS) is 1. The number of aromatic carboxylic acids is 1. The molecule has 0 aromatic heterocycles. The van der Waals surface area contributed by atoms with Crippen molar-refractivity contribution in [1.82, 2.24) is 0 Å². The molecule has 0 spiro atoms.